The molecule has 23 heavy (non-hydrogen) atoms. The molecule has 0 aromatic carbocycles. The van der Waals surface area contributed by atoms with Crippen LogP contribution in [-0.4, -0.2) is 34.0 Å². The number of carbonyl (C=O) groups is 1. The molecule has 0 N–H and O–H groups in total. The van der Waals surface area contributed by atoms with Crippen LogP contribution >= 0.6 is 22.9 Å². The Morgan fingerprint density at radius 3 is 2.83 bits per heavy atom. The van der Waals surface area contributed by atoms with Gasteiger partial charge in [0.1, 0.15) is 15.1 Å². The smallest absolute Gasteiger partial charge is 0.276 e. The molecule has 0 bridgehead atoms. The van der Waals surface area contributed by atoms with Gasteiger partial charge in [-0.2, -0.15) is 0 Å². The Kier molecular flexibility index (Phi) is 4.73. The monoisotopic (exact) mass is 353 g/mol. The summed E-state index contributed by atoms with van der Waals surface area (Å²) in [5.74, 6) is 0.727. The van der Waals surface area contributed by atoms with Crippen LogP contribution in [0.1, 0.15) is 54.4 Å². The third-order valence-corrected chi connectivity index (χ3v) is 5.84. The quantitative estimate of drug-likeness (QED) is 0.835. The van der Waals surface area contributed by atoms with Gasteiger partial charge in [-0.25, -0.2) is 4.98 Å². The molecule has 0 radical (unpaired) electrons. The Balaban J connectivity index is 1.65. The molecule has 1 saturated heterocycles. The molecule has 0 spiro atoms. The van der Waals surface area contributed by atoms with Gasteiger partial charge in [0.2, 0.25) is 0 Å². The van der Waals surface area contributed by atoms with Crippen LogP contribution in [0.4, 0.5) is 0 Å². The Bertz CT molecular complexity index is 689. The number of halogens is 1. The number of rotatable bonds is 4. The SMILES string of the molecule is CCCc1cc(C(=O)N2CCC(C)(c3ncc(Cl)s3)CC2)no1. The summed E-state index contributed by atoms with van der Waals surface area (Å²) in [6, 6.07) is 1.76. The zero-order chi connectivity index (χ0) is 16.4. The van der Waals surface area contributed by atoms with Gasteiger partial charge in [-0.3, -0.25) is 4.79 Å². The predicted octanol–water partition coefficient (Wildman–Crippen LogP) is 3.93. The molecule has 1 aliphatic heterocycles. The van der Waals surface area contributed by atoms with Crippen LogP contribution in [0.15, 0.2) is 16.8 Å². The largest absolute Gasteiger partial charge is 0.361 e. The zero-order valence-electron chi connectivity index (χ0n) is 13.3. The van der Waals surface area contributed by atoms with Crippen LogP contribution in [-0.2, 0) is 11.8 Å². The Morgan fingerprint density at radius 2 is 2.22 bits per heavy atom. The minimum absolute atomic E-state index is 0.00815. The number of aromatic nitrogens is 2. The lowest BCUT2D eigenvalue weighted by Crippen LogP contribution is -2.44. The van der Waals surface area contributed by atoms with Crippen molar-refractivity contribution in [3.63, 3.8) is 0 Å². The van der Waals surface area contributed by atoms with E-state index in [0.29, 0.717) is 23.1 Å². The van der Waals surface area contributed by atoms with Gasteiger partial charge >= 0.3 is 0 Å². The maximum Gasteiger partial charge on any atom is 0.276 e. The number of carbonyl (C=O) groups excluding carboxylic acids is 1. The van der Waals surface area contributed by atoms with Gasteiger partial charge in [0.05, 0.1) is 6.20 Å². The first-order valence-corrected chi connectivity index (χ1v) is 9.08. The first-order chi connectivity index (χ1) is 11.0. The van der Waals surface area contributed by atoms with Crippen molar-refractivity contribution in [1.29, 1.82) is 0 Å². The summed E-state index contributed by atoms with van der Waals surface area (Å²) in [7, 11) is 0. The van der Waals surface area contributed by atoms with Crippen molar-refractivity contribution in [2.45, 2.75) is 44.9 Å². The summed E-state index contributed by atoms with van der Waals surface area (Å²) in [6.07, 6.45) is 5.24. The van der Waals surface area contributed by atoms with Crippen molar-refractivity contribution in [3.8, 4) is 0 Å². The molecular weight excluding hydrogens is 334 g/mol. The average molecular weight is 354 g/mol. The summed E-state index contributed by atoms with van der Waals surface area (Å²) < 4.78 is 5.92. The average Bonchev–Trinajstić information content (AvgIpc) is 3.17. The van der Waals surface area contributed by atoms with E-state index in [1.165, 1.54) is 11.3 Å². The van der Waals surface area contributed by atoms with E-state index in [2.05, 4.69) is 24.0 Å². The highest BCUT2D eigenvalue weighted by Gasteiger charge is 2.36. The molecule has 3 rings (SSSR count). The molecule has 0 aliphatic carbocycles. The van der Waals surface area contributed by atoms with E-state index in [4.69, 9.17) is 16.1 Å². The number of likely N-dealkylation sites (tertiary alicyclic amines) is 1. The van der Waals surface area contributed by atoms with Gasteiger partial charge in [0.25, 0.3) is 5.91 Å². The Hall–Kier alpha value is -1.40. The van der Waals surface area contributed by atoms with Gasteiger partial charge in [-0.1, -0.05) is 30.6 Å². The summed E-state index contributed by atoms with van der Waals surface area (Å²) in [5, 5.41) is 4.97. The highest BCUT2D eigenvalue weighted by molar-refractivity contribution is 7.15. The van der Waals surface area contributed by atoms with E-state index in [0.717, 1.165) is 36.5 Å². The van der Waals surface area contributed by atoms with Crippen molar-refractivity contribution >= 4 is 28.8 Å². The maximum absolute atomic E-state index is 12.5. The van der Waals surface area contributed by atoms with E-state index in [-0.39, 0.29) is 11.3 Å². The second-order valence-corrected chi connectivity index (χ2v) is 7.91. The van der Waals surface area contributed by atoms with Gasteiger partial charge in [-0.15, -0.1) is 11.3 Å². The number of nitrogens with zero attached hydrogens (tertiary/aromatic N) is 3. The molecule has 124 valence electrons. The Labute approximate surface area is 144 Å². The maximum atomic E-state index is 12.5. The molecule has 0 unspecified atom stereocenters. The summed E-state index contributed by atoms with van der Waals surface area (Å²) in [4.78, 5) is 18.8. The van der Waals surface area contributed by atoms with Crippen LogP contribution in [0.5, 0.6) is 0 Å². The van der Waals surface area contributed by atoms with Crippen molar-refractivity contribution in [3.05, 3.63) is 33.1 Å². The molecule has 0 atom stereocenters. The molecular formula is C16H20ClN3O2S. The van der Waals surface area contributed by atoms with Crippen LogP contribution in [0.2, 0.25) is 4.34 Å². The number of piperidine rings is 1. The van der Waals surface area contributed by atoms with Crippen LogP contribution in [0.25, 0.3) is 0 Å². The number of hydrogen-bond donors (Lipinski definition) is 0. The normalized spacial score (nSPS) is 17.4. The highest BCUT2D eigenvalue weighted by atomic mass is 35.5. The summed E-state index contributed by atoms with van der Waals surface area (Å²) >= 11 is 7.53. The van der Waals surface area contributed by atoms with E-state index >= 15 is 0 Å². The standard InChI is InChI=1S/C16H20ClN3O2S/c1-3-4-11-9-12(19-22-11)14(21)20-7-5-16(2,6-8-20)15-18-10-13(17)23-15/h9-10H,3-8H2,1-2H3. The number of thiazole rings is 1. The van der Waals surface area contributed by atoms with E-state index in [9.17, 15) is 4.79 Å². The fraction of sp³-hybridized carbons (Fsp3) is 0.562. The molecule has 5 nitrogen and oxygen atoms in total. The first-order valence-electron chi connectivity index (χ1n) is 7.88. The van der Waals surface area contributed by atoms with E-state index in [1.807, 2.05) is 4.90 Å². The van der Waals surface area contributed by atoms with Crippen molar-refractivity contribution in [2.75, 3.05) is 13.1 Å². The highest BCUT2D eigenvalue weighted by Crippen LogP contribution is 2.38. The molecule has 3 heterocycles. The predicted molar refractivity (Wildman–Crippen MR) is 90.1 cm³/mol. The fourth-order valence-corrected chi connectivity index (χ4v) is 4.00. The third-order valence-electron chi connectivity index (χ3n) is 4.42. The van der Waals surface area contributed by atoms with Crippen molar-refractivity contribution in [1.82, 2.24) is 15.0 Å². The molecule has 0 saturated carbocycles. The number of hydrogen-bond acceptors (Lipinski definition) is 5. The summed E-state index contributed by atoms with van der Waals surface area (Å²) in [6.45, 7) is 5.66. The van der Waals surface area contributed by atoms with Gasteiger partial charge < -0.3 is 9.42 Å². The van der Waals surface area contributed by atoms with Crippen LogP contribution < -0.4 is 0 Å². The second-order valence-electron chi connectivity index (χ2n) is 6.25. The number of amides is 1. The molecule has 1 amide bonds. The van der Waals surface area contributed by atoms with Gasteiger partial charge in [-0.05, 0) is 19.3 Å². The van der Waals surface area contributed by atoms with Gasteiger partial charge in [0.15, 0.2) is 5.69 Å². The molecule has 2 aromatic heterocycles. The molecule has 1 aliphatic rings. The van der Waals surface area contributed by atoms with Crippen LogP contribution in [0.3, 0.4) is 0 Å². The van der Waals surface area contributed by atoms with E-state index < -0.39 is 0 Å². The first kappa shape index (κ1) is 16.5. The molecule has 1 fully saturated rings. The van der Waals surface area contributed by atoms with E-state index in [1.54, 1.807) is 12.3 Å². The van der Waals surface area contributed by atoms with Crippen molar-refractivity contribution < 1.29 is 9.32 Å². The Morgan fingerprint density at radius 1 is 1.48 bits per heavy atom. The fourth-order valence-electron chi connectivity index (χ4n) is 2.89. The number of aryl methyl sites for hydroxylation is 1. The lowest BCUT2D eigenvalue weighted by molar-refractivity contribution is 0.0665. The zero-order valence-corrected chi connectivity index (χ0v) is 14.9. The van der Waals surface area contributed by atoms with Crippen LogP contribution in [0, 0.1) is 0 Å². The van der Waals surface area contributed by atoms with Gasteiger partial charge in [0, 0.05) is 31.0 Å². The summed E-state index contributed by atoms with van der Waals surface area (Å²) in [5.41, 5.74) is 0.403. The lowest BCUT2D eigenvalue weighted by Gasteiger charge is -2.37. The second kappa shape index (κ2) is 6.61. The molecule has 7 heteroatoms. The minimum atomic E-state index is -0.0460. The minimum Gasteiger partial charge on any atom is -0.361 e. The third kappa shape index (κ3) is 3.43. The molecule has 2 aromatic rings. The lowest BCUT2D eigenvalue weighted by atomic mass is 9.81. The van der Waals surface area contributed by atoms with Crippen molar-refractivity contribution in [2.24, 2.45) is 0 Å². The topological polar surface area (TPSA) is 59.2 Å².